The minimum atomic E-state index is 0. The first-order valence-electron chi connectivity index (χ1n) is 6.58. The standard InChI is InChI=1S/C13H19N3OS.2ClH/c14-7-10-1-2-12(18-10)13(17)15-11-8-16-5-3-9(11)4-6-16;;/h1-2,9,11H,3-8,14H2,(H,15,17);2*1H/t11-;;/m0../s1. The molecule has 0 unspecified atom stereocenters. The summed E-state index contributed by atoms with van der Waals surface area (Å²) in [6.45, 7) is 3.93. The van der Waals surface area contributed by atoms with Gasteiger partial charge in [0.15, 0.2) is 0 Å². The van der Waals surface area contributed by atoms with Crippen LogP contribution in [0, 0.1) is 5.92 Å². The van der Waals surface area contributed by atoms with E-state index in [1.165, 1.54) is 37.3 Å². The Labute approximate surface area is 135 Å². The van der Waals surface area contributed by atoms with Gasteiger partial charge in [-0.2, -0.15) is 0 Å². The molecule has 1 atom stereocenters. The summed E-state index contributed by atoms with van der Waals surface area (Å²) in [6.07, 6.45) is 2.45. The van der Waals surface area contributed by atoms with E-state index in [4.69, 9.17) is 5.73 Å². The monoisotopic (exact) mass is 337 g/mol. The van der Waals surface area contributed by atoms with Crippen molar-refractivity contribution in [1.82, 2.24) is 10.2 Å². The van der Waals surface area contributed by atoms with E-state index in [1.807, 2.05) is 12.1 Å². The van der Waals surface area contributed by atoms with Crippen LogP contribution in [0.3, 0.4) is 0 Å². The van der Waals surface area contributed by atoms with Crippen LogP contribution in [0.4, 0.5) is 0 Å². The van der Waals surface area contributed by atoms with Crippen molar-refractivity contribution in [1.29, 1.82) is 0 Å². The molecule has 1 amide bonds. The predicted octanol–water partition coefficient (Wildman–Crippen LogP) is 1.87. The average Bonchev–Trinajstić information content (AvgIpc) is 2.89. The molecular weight excluding hydrogens is 317 g/mol. The van der Waals surface area contributed by atoms with Gasteiger partial charge < -0.3 is 16.0 Å². The van der Waals surface area contributed by atoms with E-state index < -0.39 is 0 Å². The van der Waals surface area contributed by atoms with Gasteiger partial charge in [0, 0.05) is 24.0 Å². The molecule has 0 saturated carbocycles. The third-order valence-electron chi connectivity index (χ3n) is 4.06. The maximum absolute atomic E-state index is 12.2. The van der Waals surface area contributed by atoms with E-state index in [1.54, 1.807) is 0 Å². The summed E-state index contributed by atoms with van der Waals surface area (Å²) in [5.74, 6) is 0.742. The second-order valence-electron chi connectivity index (χ2n) is 5.19. The van der Waals surface area contributed by atoms with Crippen molar-refractivity contribution in [3.63, 3.8) is 0 Å². The zero-order valence-electron chi connectivity index (χ0n) is 11.2. The molecule has 4 nitrogen and oxygen atoms in total. The molecule has 20 heavy (non-hydrogen) atoms. The van der Waals surface area contributed by atoms with Crippen LogP contribution < -0.4 is 11.1 Å². The summed E-state index contributed by atoms with van der Waals surface area (Å²) in [5.41, 5.74) is 5.57. The molecule has 3 fully saturated rings. The second kappa shape index (κ2) is 7.61. The fraction of sp³-hybridized carbons (Fsp3) is 0.615. The van der Waals surface area contributed by atoms with Crippen LogP contribution in [-0.4, -0.2) is 36.5 Å². The highest BCUT2D eigenvalue weighted by molar-refractivity contribution is 7.14. The lowest BCUT2D eigenvalue weighted by Crippen LogP contribution is -2.57. The molecule has 2 bridgehead atoms. The van der Waals surface area contributed by atoms with Gasteiger partial charge in [0.05, 0.1) is 4.88 Å². The molecular formula is C13H21Cl2N3OS. The number of hydrogen-bond acceptors (Lipinski definition) is 4. The van der Waals surface area contributed by atoms with Gasteiger partial charge in [-0.05, 0) is 44.0 Å². The number of carbonyl (C=O) groups excluding carboxylic acids is 1. The van der Waals surface area contributed by atoms with Crippen LogP contribution >= 0.6 is 36.2 Å². The highest BCUT2D eigenvalue weighted by atomic mass is 35.5. The Hall–Kier alpha value is -0.330. The van der Waals surface area contributed by atoms with E-state index in [-0.39, 0.29) is 30.7 Å². The molecule has 114 valence electrons. The topological polar surface area (TPSA) is 58.4 Å². The van der Waals surface area contributed by atoms with Gasteiger partial charge in [-0.25, -0.2) is 0 Å². The molecule has 0 aromatic carbocycles. The van der Waals surface area contributed by atoms with Crippen molar-refractivity contribution >= 4 is 42.1 Å². The lowest BCUT2D eigenvalue weighted by atomic mass is 9.84. The lowest BCUT2D eigenvalue weighted by molar-refractivity contribution is 0.0622. The number of nitrogens with one attached hydrogen (secondary N) is 1. The molecule has 3 aliphatic heterocycles. The summed E-state index contributed by atoms with van der Waals surface area (Å²) < 4.78 is 0. The lowest BCUT2D eigenvalue weighted by Gasteiger charge is -2.44. The van der Waals surface area contributed by atoms with Crippen LogP contribution in [0.2, 0.25) is 0 Å². The van der Waals surface area contributed by atoms with E-state index >= 15 is 0 Å². The van der Waals surface area contributed by atoms with Gasteiger partial charge in [-0.1, -0.05) is 0 Å². The first-order chi connectivity index (χ1) is 8.76. The Morgan fingerprint density at radius 3 is 2.55 bits per heavy atom. The summed E-state index contributed by atoms with van der Waals surface area (Å²) >= 11 is 1.50. The van der Waals surface area contributed by atoms with Crippen LogP contribution in [-0.2, 0) is 6.54 Å². The largest absolute Gasteiger partial charge is 0.347 e. The molecule has 0 aliphatic carbocycles. The summed E-state index contributed by atoms with van der Waals surface area (Å²) in [6, 6.07) is 4.16. The van der Waals surface area contributed by atoms with Gasteiger partial charge in [0.25, 0.3) is 5.91 Å². The Morgan fingerprint density at radius 2 is 2.05 bits per heavy atom. The summed E-state index contributed by atoms with van der Waals surface area (Å²) in [4.78, 5) is 16.5. The van der Waals surface area contributed by atoms with Gasteiger partial charge in [-0.15, -0.1) is 36.2 Å². The van der Waals surface area contributed by atoms with E-state index in [0.29, 0.717) is 18.5 Å². The smallest absolute Gasteiger partial charge is 0.261 e. The van der Waals surface area contributed by atoms with Crippen molar-refractivity contribution < 1.29 is 4.79 Å². The minimum absolute atomic E-state index is 0. The summed E-state index contributed by atoms with van der Waals surface area (Å²) in [7, 11) is 0. The first kappa shape index (κ1) is 17.7. The molecule has 1 aromatic rings. The zero-order valence-corrected chi connectivity index (χ0v) is 13.7. The molecule has 7 heteroatoms. The van der Waals surface area contributed by atoms with Crippen LogP contribution in [0.15, 0.2) is 12.1 Å². The van der Waals surface area contributed by atoms with Crippen molar-refractivity contribution in [2.45, 2.75) is 25.4 Å². The Bertz CT molecular complexity index is 447. The number of piperidine rings is 3. The van der Waals surface area contributed by atoms with Crippen LogP contribution in [0.5, 0.6) is 0 Å². The Balaban J connectivity index is 0.000001000. The fourth-order valence-corrected chi connectivity index (χ4v) is 3.77. The van der Waals surface area contributed by atoms with Gasteiger partial charge >= 0.3 is 0 Å². The molecule has 3 N–H and O–H groups in total. The Kier molecular flexibility index (Phi) is 6.75. The van der Waals surface area contributed by atoms with Crippen molar-refractivity contribution in [3.05, 3.63) is 21.9 Å². The second-order valence-corrected chi connectivity index (χ2v) is 6.36. The molecule has 0 radical (unpaired) electrons. The highest BCUT2D eigenvalue weighted by Crippen LogP contribution is 2.28. The molecule has 3 aliphatic rings. The number of thiophene rings is 1. The normalized spacial score (nSPS) is 27.4. The molecule has 3 saturated heterocycles. The molecule has 0 spiro atoms. The van der Waals surface area contributed by atoms with Crippen LogP contribution in [0.25, 0.3) is 0 Å². The maximum atomic E-state index is 12.2. The SMILES string of the molecule is Cl.Cl.NCc1ccc(C(=O)N[C@H]2CN3CCC2CC3)s1. The third-order valence-corrected chi connectivity index (χ3v) is 5.17. The Morgan fingerprint density at radius 1 is 1.35 bits per heavy atom. The predicted molar refractivity (Wildman–Crippen MR) is 87.1 cm³/mol. The first-order valence-corrected chi connectivity index (χ1v) is 7.40. The van der Waals surface area contributed by atoms with Crippen molar-refractivity contribution in [2.75, 3.05) is 19.6 Å². The fourth-order valence-electron chi connectivity index (χ4n) is 2.98. The summed E-state index contributed by atoms with van der Waals surface area (Å²) in [5, 5.41) is 3.19. The van der Waals surface area contributed by atoms with Crippen LogP contribution in [0.1, 0.15) is 27.4 Å². The number of carbonyl (C=O) groups is 1. The minimum Gasteiger partial charge on any atom is -0.347 e. The number of amides is 1. The van der Waals surface area contributed by atoms with Gasteiger partial charge in [0.2, 0.25) is 0 Å². The van der Waals surface area contributed by atoms with E-state index in [0.717, 1.165) is 16.3 Å². The number of hydrogen-bond donors (Lipinski definition) is 2. The zero-order chi connectivity index (χ0) is 12.5. The number of fused-ring (bicyclic) bond motifs is 3. The molecule has 4 rings (SSSR count). The maximum Gasteiger partial charge on any atom is 0.261 e. The van der Waals surface area contributed by atoms with Gasteiger partial charge in [0.1, 0.15) is 0 Å². The number of halogens is 2. The quantitative estimate of drug-likeness (QED) is 0.885. The van der Waals surface area contributed by atoms with E-state index in [2.05, 4.69) is 10.2 Å². The van der Waals surface area contributed by atoms with Gasteiger partial charge in [-0.3, -0.25) is 4.79 Å². The van der Waals surface area contributed by atoms with Crippen molar-refractivity contribution in [3.8, 4) is 0 Å². The average molecular weight is 338 g/mol. The number of nitrogens with two attached hydrogens (primary N) is 1. The molecule has 1 aromatic heterocycles. The third kappa shape index (κ3) is 3.65. The number of rotatable bonds is 3. The van der Waals surface area contributed by atoms with Crippen molar-refractivity contribution in [2.24, 2.45) is 11.7 Å². The highest BCUT2D eigenvalue weighted by Gasteiger charge is 2.35. The molecule has 4 heterocycles. The number of nitrogens with zero attached hydrogens (tertiary/aromatic N) is 1. The van der Waals surface area contributed by atoms with E-state index in [9.17, 15) is 4.79 Å².